The third-order valence-electron chi connectivity index (χ3n) is 5.76. The second kappa shape index (κ2) is 9.18. The van der Waals surface area contributed by atoms with E-state index in [0.717, 1.165) is 49.8 Å². The molecule has 160 valence electrons. The molecule has 1 aliphatic carbocycles. The molecule has 0 spiro atoms. The van der Waals surface area contributed by atoms with E-state index in [2.05, 4.69) is 10.6 Å². The molecular weight excluding hydrogens is 400 g/mol. The lowest BCUT2D eigenvalue weighted by Crippen LogP contribution is -2.32. The van der Waals surface area contributed by atoms with E-state index in [1.165, 1.54) is 21.8 Å². The van der Waals surface area contributed by atoms with Crippen LogP contribution >= 0.6 is 11.3 Å². The molecule has 2 N–H and O–H groups in total. The molecule has 1 fully saturated rings. The summed E-state index contributed by atoms with van der Waals surface area (Å²) in [4.78, 5) is 26.7. The molecule has 4 rings (SSSR count). The maximum atomic E-state index is 12.9. The van der Waals surface area contributed by atoms with Crippen molar-refractivity contribution in [2.24, 2.45) is 0 Å². The smallest absolute Gasteiger partial charge is 0.262 e. The number of aryl methyl sites for hydroxylation is 3. The first kappa shape index (κ1) is 20.9. The Morgan fingerprint density at radius 2 is 2.07 bits per heavy atom. The van der Waals surface area contributed by atoms with Gasteiger partial charge in [-0.05, 0) is 74.8 Å². The van der Waals surface area contributed by atoms with Gasteiger partial charge in [0.1, 0.15) is 10.8 Å². The van der Waals surface area contributed by atoms with Gasteiger partial charge in [0, 0.05) is 18.0 Å². The molecule has 7 heteroatoms. The van der Waals surface area contributed by atoms with Crippen molar-refractivity contribution < 1.29 is 19.1 Å². The van der Waals surface area contributed by atoms with Gasteiger partial charge in [0.15, 0.2) is 6.61 Å². The summed E-state index contributed by atoms with van der Waals surface area (Å²) >= 11 is 1.51. The normalized spacial score (nSPS) is 17.6. The van der Waals surface area contributed by atoms with Crippen LogP contribution in [0.4, 0.5) is 5.00 Å². The molecule has 2 amide bonds. The van der Waals surface area contributed by atoms with Crippen LogP contribution in [0.2, 0.25) is 0 Å². The molecule has 2 aliphatic rings. The van der Waals surface area contributed by atoms with Gasteiger partial charge in [-0.15, -0.1) is 11.3 Å². The summed E-state index contributed by atoms with van der Waals surface area (Å²) in [7, 11) is 0. The van der Waals surface area contributed by atoms with Crippen LogP contribution in [-0.4, -0.2) is 37.7 Å². The van der Waals surface area contributed by atoms with Crippen molar-refractivity contribution in [1.82, 2.24) is 5.32 Å². The molecule has 0 radical (unpaired) electrons. The summed E-state index contributed by atoms with van der Waals surface area (Å²) in [5.74, 6) is 0.271. The zero-order chi connectivity index (χ0) is 21.1. The number of ether oxygens (including phenoxy) is 2. The average molecular weight is 429 g/mol. The topological polar surface area (TPSA) is 76.7 Å². The molecule has 1 saturated heterocycles. The first-order chi connectivity index (χ1) is 14.5. The Kier molecular flexibility index (Phi) is 6.39. The van der Waals surface area contributed by atoms with E-state index in [4.69, 9.17) is 9.47 Å². The number of carbonyl (C=O) groups excluding carboxylic acids is 2. The highest BCUT2D eigenvalue weighted by Gasteiger charge is 2.28. The van der Waals surface area contributed by atoms with E-state index in [9.17, 15) is 9.59 Å². The van der Waals surface area contributed by atoms with E-state index >= 15 is 0 Å². The molecule has 2 heterocycles. The summed E-state index contributed by atoms with van der Waals surface area (Å²) in [6.45, 7) is 5.22. The van der Waals surface area contributed by atoms with E-state index < -0.39 is 0 Å². The van der Waals surface area contributed by atoms with Crippen LogP contribution in [0.5, 0.6) is 5.75 Å². The maximum absolute atomic E-state index is 12.9. The van der Waals surface area contributed by atoms with Crippen molar-refractivity contribution in [2.75, 3.05) is 25.1 Å². The number of rotatable bonds is 7. The molecule has 1 atom stereocenters. The van der Waals surface area contributed by atoms with Gasteiger partial charge in [0.2, 0.25) is 0 Å². The van der Waals surface area contributed by atoms with E-state index in [1.807, 2.05) is 32.0 Å². The Balaban J connectivity index is 1.41. The zero-order valence-electron chi connectivity index (χ0n) is 17.5. The Labute approximate surface area is 181 Å². The number of hydrogen-bond donors (Lipinski definition) is 2. The van der Waals surface area contributed by atoms with Crippen molar-refractivity contribution >= 4 is 28.2 Å². The van der Waals surface area contributed by atoms with Crippen molar-refractivity contribution in [2.45, 2.75) is 52.1 Å². The fraction of sp³-hybridized carbons (Fsp3) is 0.478. The van der Waals surface area contributed by atoms with Gasteiger partial charge in [0.25, 0.3) is 11.8 Å². The van der Waals surface area contributed by atoms with Gasteiger partial charge in [-0.3, -0.25) is 9.59 Å². The lowest BCUT2D eigenvalue weighted by Gasteiger charge is -2.13. The fourth-order valence-electron chi connectivity index (χ4n) is 3.95. The number of anilines is 1. The molecule has 0 saturated carbocycles. The summed E-state index contributed by atoms with van der Waals surface area (Å²) in [5.41, 5.74) is 3.99. The highest BCUT2D eigenvalue weighted by atomic mass is 32.1. The Hall–Kier alpha value is -2.38. The minimum atomic E-state index is -0.263. The second-order valence-corrected chi connectivity index (χ2v) is 9.09. The lowest BCUT2D eigenvalue weighted by molar-refractivity contribution is -0.118. The predicted octanol–water partition coefficient (Wildman–Crippen LogP) is 3.78. The van der Waals surface area contributed by atoms with Crippen LogP contribution < -0.4 is 15.4 Å². The first-order valence-corrected chi connectivity index (χ1v) is 11.4. The molecule has 6 nitrogen and oxygen atoms in total. The lowest BCUT2D eigenvalue weighted by atomic mass is 10.1. The van der Waals surface area contributed by atoms with Crippen LogP contribution in [-0.2, 0) is 22.4 Å². The van der Waals surface area contributed by atoms with Gasteiger partial charge in [0.05, 0.1) is 11.7 Å². The molecule has 0 unspecified atom stereocenters. The second-order valence-electron chi connectivity index (χ2n) is 7.99. The van der Waals surface area contributed by atoms with E-state index in [0.29, 0.717) is 22.9 Å². The Morgan fingerprint density at radius 3 is 2.83 bits per heavy atom. The van der Waals surface area contributed by atoms with Crippen LogP contribution in [0.15, 0.2) is 18.2 Å². The molecule has 1 aromatic carbocycles. The van der Waals surface area contributed by atoms with Crippen LogP contribution in [0.25, 0.3) is 0 Å². The molecule has 30 heavy (non-hydrogen) atoms. The number of fused-ring (bicyclic) bond motifs is 1. The molecular formula is C23H28N2O4S. The third-order valence-corrected chi connectivity index (χ3v) is 6.97. The molecule has 1 aromatic heterocycles. The highest BCUT2D eigenvalue weighted by molar-refractivity contribution is 7.17. The SMILES string of the molecule is Cc1ccc(OCC(=O)Nc2sc3c(c2C(=O)NC[C@H]2CCCO2)CCC3)cc1C. The minimum Gasteiger partial charge on any atom is -0.484 e. The first-order valence-electron chi connectivity index (χ1n) is 10.6. The van der Waals surface area contributed by atoms with Gasteiger partial charge in [-0.25, -0.2) is 0 Å². The van der Waals surface area contributed by atoms with Gasteiger partial charge >= 0.3 is 0 Å². The van der Waals surface area contributed by atoms with Crippen molar-refractivity contribution in [3.63, 3.8) is 0 Å². The van der Waals surface area contributed by atoms with Crippen LogP contribution in [0, 0.1) is 13.8 Å². The third kappa shape index (κ3) is 4.68. The van der Waals surface area contributed by atoms with Crippen molar-refractivity contribution in [3.05, 3.63) is 45.3 Å². The standard InChI is InChI=1S/C23H28N2O4S/c1-14-8-9-16(11-15(14)2)29-13-20(26)25-23-21(18-6-3-7-19(18)30-23)22(27)24-12-17-5-4-10-28-17/h8-9,11,17H,3-7,10,12-13H2,1-2H3,(H,24,27)(H,25,26)/t17-/m1/s1. The molecule has 1 aliphatic heterocycles. The van der Waals surface area contributed by atoms with Crippen LogP contribution in [0.3, 0.4) is 0 Å². The highest BCUT2D eigenvalue weighted by Crippen LogP contribution is 2.39. The Morgan fingerprint density at radius 1 is 1.20 bits per heavy atom. The number of hydrogen-bond acceptors (Lipinski definition) is 5. The number of carbonyl (C=O) groups is 2. The quantitative estimate of drug-likeness (QED) is 0.704. The summed E-state index contributed by atoms with van der Waals surface area (Å²) in [6, 6.07) is 5.76. The maximum Gasteiger partial charge on any atom is 0.262 e. The largest absolute Gasteiger partial charge is 0.484 e. The summed E-state index contributed by atoms with van der Waals surface area (Å²) in [6.07, 6.45) is 4.99. The van der Waals surface area contributed by atoms with Gasteiger partial charge in [-0.2, -0.15) is 0 Å². The van der Waals surface area contributed by atoms with Gasteiger partial charge < -0.3 is 20.1 Å². The number of amides is 2. The monoisotopic (exact) mass is 428 g/mol. The van der Waals surface area contributed by atoms with Crippen LogP contribution in [0.1, 0.15) is 51.2 Å². The van der Waals surface area contributed by atoms with E-state index in [-0.39, 0.29) is 24.5 Å². The fourth-order valence-corrected chi connectivity index (χ4v) is 5.25. The number of thiophene rings is 1. The van der Waals surface area contributed by atoms with Gasteiger partial charge in [-0.1, -0.05) is 6.07 Å². The molecule has 0 bridgehead atoms. The predicted molar refractivity (Wildman–Crippen MR) is 118 cm³/mol. The van der Waals surface area contributed by atoms with Crippen molar-refractivity contribution in [1.29, 1.82) is 0 Å². The average Bonchev–Trinajstić information content (AvgIpc) is 3.44. The summed E-state index contributed by atoms with van der Waals surface area (Å²) in [5, 5.41) is 6.53. The zero-order valence-corrected chi connectivity index (χ0v) is 18.3. The van der Waals surface area contributed by atoms with E-state index in [1.54, 1.807) is 0 Å². The van der Waals surface area contributed by atoms with Crippen molar-refractivity contribution in [3.8, 4) is 5.75 Å². The molecule has 2 aromatic rings. The minimum absolute atomic E-state index is 0.0880. The number of nitrogens with one attached hydrogen (secondary N) is 2. The summed E-state index contributed by atoms with van der Waals surface area (Å²) < 4.78 is 11.2. The number of benzene rings is 1. The Bertz CT molecular complexity index is 947.